The van der Waals surface area contributed by atoms with Gasteiger partial charge in [-0.25, -0.2) is 4.39 Å². The monoisotopic (exact) mass is 308 g/mol. The highest BCUT2D eigenvalue weighted by Gasteiger charge is 2.27. The molecule has 0 saturated heterocycles. The SMILES string of the molecule is CC(Cc1ccc(F)cc1)NC1=NC(C(C)(C)C)CCS1. The maximum Gasteiger partial charge on any atom is 0.157 e. The van der Waals surface area contributed by atoms with Gasteiger partial charge in [-0.2, -0.15) is 0 Å². The van der Waals surface area contributed by atoms with Crippen molar-refractivity contribution in [1.29, 1.82) is 0 Å². The van der Waals surface area contributed by atoms with Crippen LogP contribution in [0.25, 0.3) is 0 Å². The summed E-state index contributed by atoms with van der Waals surface area (Å²) < 4.78 is 12.9. The molecule has 0 aromatic heterocycles. The van der Waals surface area contributed by atoms with Crippen molar-refractivity contribution in [3.05, 3.63) is 35.6 Å². The average Bonchev–Trinajstić information content (AvgIpc) is 2.41. The number of halogens is 1. The number of nitrogens with one attached hydrogen (secondary N) is 1. The van der Waals surface area contributed by atoms with Crippen LogP contribution in [-0.2, 0) is 6.42 Å². The maximum absolute atomic E-state index is 12.9. The highest BCUT2D eigenvalue weighted by molar-refractivity contribution is 8.13. The number of aliphatic imine (C=N–C) groups is 1. The third kappa shape index (κ3) is 5.03. The van der Waals surface area contributed by atoms with Crippen molar-refractivity contribution < 1.29 is 4.39 Å². The summed E-state index contributed by atoms with van der Waals surface area (Å²) >= 11 is 1.80. The number of hydrogen-bond donors (Lipinski definition) is 1. The molecule has 2 nitrogen and oxygen atoms in total. The Kier molecular flexibility index (Phi) is 5.31. The highest BCUT2D eigenvalue weighted by atomic mass is 32.2. The third-order valence-electron chi connectivity index (χ3n) is 3.73. The van der Waals surface area contributed by atoms with E-state index in [0.717, 1.165) is 29.3 Å². The fourth-order valence-corrected chi connectivity index (χ4v) is 3.47. The van der Waals surface area contributed by atoms with E-state index in [-0.39, 0.29) is 11.2 Å². The van der Waals surface area contributed by atoms with Crippen molar-refractivity contribution in [2.24, 2.45) is 10.4 Å². The molecule has 21 heavy (non-hydrogen) atoms. The van der Waals surface area contributed by atoms with E-state index in [1.165, 1.54) is 12.1 Å². The topological polar surface area (TPSA) is 24.4 Å². The van der Waals surface area contributed by atoms with Crippen molar-refractivity contribution in [2.75, 3.05) is 5.75 Å². The first-order valence-corrected chi connectivity index (χ1v) is 8.55. The summed E-state index contributed by atoms with van der Waals surface area (Å²) in [5, 5.41) is 4.55. The number of hydrogen-bond acceptors (Lipinski definition) is 3. The first-order valence-electron chi connectivity index (χ1n) is 7.56. The molecule has 2 atom stereocenters. The molecule has 2 rings (SSSR count). The molecule has 0 bridgehead atoms. The van der Waals surface area contributed by atoms with Crippen LogP contribution in [0, 0.1) is 11.2 Å². The zero-order valence-corrected chi connectivity index (χ0v) is 14.1. The number of nitrogens with zero attached hydrogens (tertiary/aromatic N) is 1. The predicted molar refractivity (Wildman–Crippen MR) is 90.5 cm³/mol. The minimum atomic E-state index is -0.181. The van der Waals surface area contributed by atoms with Crippen molar-refractivity contribution in [2.45, 2.75) is 52.6 Å². The van der Waals surface area contributed by atoms with Gasteiger partial charge in [0.15, 0.2) is 5.17 Å². The predicted octanol–water partition coefficient (Wildman–Crippen LogP) is 4.25. The van der Waals surface area contributed by atoms with Gasteiger partial charge in [0.25, 0.3) is 0 Å². The molecule has 4 heteroatoms. The second-order valence-electron chi connectivity index (χ2n) is 6.83. The van der Waals surface area contributed by atoms with Gasteiger partial charge in [-0.3, -0.25) is 4.99 Å². The second kappa shape index (κ2) is 6.82. The average molecular weight is 308 g/mol. The zero-order chi connectivity index (χ0) is 15.5. The first kappa shape index (κ1) is 16.3. The van der Waals surface area contributed by atoms with Crippen LogP contribution in [0.2, 0.25) is 0 Å². The molecule has 0 aliphatic carbocycles. The van der Waals surface area contributed by atoms with Gasteiger partial charge in [0.05, 0.1) is 6.04 Å². The van der Waals surface area contributed by atoms with Crippen LogP contribution in [0.1, 0.15) is 39.7 Å². The molecule has 116 valence electrons. The lowest BCUT2D eigenvalue weighted by atomic mass is 9.85. The molecule has 1 aromatic carbocycles. The van der Waals surface area contributed by atoms with Crippen LogP contribution < -0.4 is 5.32 Å². The minimum absolute atomic E-state index is 0.181. The van der Waals surface area contributed by atoms with Crippen LogP contribution in [0.15, 0.2) is 29.3 Å². The summed E-state index contributed by atoms with van der Waals surface area (Å²) in [5.74, 6) is 0.941. The lowest BCUT2D eigenvalue weighted by Crippen LogP contribution is -2.37. The smallest absolute Gasteiger partial charge is 0.157 e. The van der Waals surface area contributed by atoms with E-state index in [1.54, 1.807) is 11.8 Å². The molecule has 0 fully saturated rings. The summed E-state index contributed by atoms with van der Waals surface area (Å²) in [6.07, 6.45) is 2.02. The van der Waals surface area contributed by atoms with Gasteiger partial charge < -0.3 is 5.32 Å². The van der Waals surface area contributed by atoms with E-state index in [1.807, 2.05) is 12.1 Å². The van der Waals surface area contributed by atoms with Gasteiger partial charge in [0.2, 0.25) is 0 Å². The Bertz CT molecular complexity index is 491. The maximum atomic E-state index is 12.9. The summed E-state index contributed by atoms with van der Waals surface area (Å²) in [7, 11) is 0. The Morgan fingerprint density at radius 3 is 2.62 bits per heavy atom. The molecule has 2 unspecified atom stereocenters. The molecule has 1 aliphatic rings. The van der Waals surface area contributed by atoms with Gasteiger partial charge in [-0.1, -0.05) is 44.7 Å². The van der Waals surface area contributed by atoms with Gasteiger partial charge >= 0.3 is 0 Å². The number of benzene rings is 1. The van der Waals surface area contributed by atoms with Crippen LogP contribution in [0.5, 0.6) is 0 Å². The van der Waals surface area contributed by atoms with E-state index in [4.69, 9.17) is 4.99 Å². The van der Waals surface area contributed by atoms with Crippen molar-refractivity contribution in [3.8, 4) is 0 Å². The van der Waals surface area contributed by atoms with Gasteiger partial charge in [-0.05, 0) is 42.9 Å². The number of rotatable bonds is 3. The quantitative estimate of drug-likeness (QED) is 0.902. The molecule has 1 aliphatic heterocycles. The van der Waals surface area contributed by atoms with E-state index in [9.17, 15) is 4.39 Å². The van der Waals surface area contributed by atoms with Crippen molar-refractivity contribution in [1.82, 2.24) is 5.32 Å². The van der Waals surface area contributed by atoms with Crippen molar-refractivity contribution >= 4 is 16.9 Å². The fourth-order valence-electron chi connectivity index (χ4n) is 2.45. The molecular weight excluding hydrogens is 283 g/mol. The Labute approximate surface area is 131 Å². The number of amidine groups is 1. The van der Waals surface area contributed by atoms with E-state index in [0.29, 0.717) is 12.1 Å². The molecule has 1 heterocycles. The zero-order valence-electron chi connectivity index (χ0n) is 13.3. The van der Waals surface area contributed by atoms with Gasteiger partial charge in [0, 0.05) is 11.8 Å². The standard InChI is InChI=1S/C17H25FN2S/c1-12(11-13-5-7-14(18)8-6-13)19-16-20-15(9-10-21-16)17(2,3)4/h5-8,12,15H,9-11H2,1-4H3,(H,19,20). The first-order chi connectivity index (χ1) is 9.84. The third-order valence-corrected chi connectivity index (χ3v) is 4.66. The van der Waals surface area contributed by atoms with E-state index >= 15 is 0 Å². The molecule has 1 N–H and O–H groups in total. The van der Waals surface area contributed by atoms with Crippen LogP contribution >= 0.6 is 11.8 Å². The summed E-state index contributed by atoms with van der Waals surface area (Å²) in [6.45, 7) is 8.89. The van der Waals surface area contributed by atoms with Crippen LogP contribution in [0.4, 0.5) is 4.39 Å². The molecular formula is C17H25FN2S. The molecule has 1 aromatic rings. The second-order valence-corrected chi connectivity index (χ2v) is 7.91. The fraction of sp³-hybridized carbons (Fsp3) is 0.588. The Balaban J connectivity index is 1.94. The number of thioether (sulfide) groups is 1. The lowest BCUT2D eigenvalue weighted by Gasteiger charge is -2.31. The van der Waals surface area contributed by atoms with E-state index < -0.39 is 0 Å². The highest BCUT2D eigenvalue weighted by Crippen LogP contribution is 2.30. The van der Waals surface area contributed by atoms with Gasteiger partial charge in [-0.15, -0.1) is 0 Å². The molecule has 0 saturated carbocycles. The lowest BCUT2D eigenvalue weighted by molar-refractivity contribution is 0.315. The molecule has 0 spiro atoms. The van der Waals surface area contributed by atoms with Crippen molar-refractivity contribution in [3.63, 3.8) is 0 Å². The summed E-state index contributed by atoms with van der Waals surface area (Å²) in [4.78, 5) is 4.86. The molecule has 0 amide bonds. The largest absolute Gasteiger partial charge is 0.362 e. The van der Waals surface area contributed by atoms with Crippen LogP contribution in [0.3, 0.4) is 0 Å². The normalized spacial score (nSPS) is 20.8. The Hall–Kier alpha value is -1.03. The molecule has 0 radical (unpaired) electrons. The summed E-state index contributed by atoms with van der Waals surface area (Å²) in [6, 6.07) is 7.41. The van der Waals surface area contributed by atoms with Gasteiger partial charge in [0.1, 0.15) is 5.82 Å². The van der Waals surface area contributed by atoms with Crippen LogP contribution in [-0.4, -0.2) is 23.0 Å². The summed E-state index contributed by atoms with van der Waals surface area (Å²) in [5.41, 5.74) is 1.36. The minimum Gasteiger partial charge on any atom is -0.362 e. The Morgan fingerprint density at radius 2 is 2.00 bits per heavy atom. The van der Waals surface area contributed by atoms with E-state index in [2.05, 4.69) is 33.0 Å². The Morgan fingerprint density at radius 1 is 1.33 bits per heavy atom.